The Labute approximate surface area is 168 Å². The summed E-state index contributed by atoms with van der Waals surface area (Å²) >= 11 is 6.98. The number of nitro benzene ring substituents is 1. The summed E-state index contributed by atoms with van der Waals surface area (Å²) in [5.41, 5.74) is 0.251. The van der Waals surface area contributed by atoms with Crippen molar-refractivity contribution < 1.29 is 14.5 Å². The highest BCUT2D eigenvalue weighted by Crippen LogP contribution is 2.21. The van der Waals surface area contributed by atoms with Gasteiger partial charge in [0.1, 0.15) is 12.4 Å². The van der Waals surface area contributed by atoms with E-state index in [2.05, 4.69) is 15.5 Å². The van der Waals surface area contributed by atoms with Crippen LogP contribution in [0, 0.1) is 10.1 Å². The van der Waals surface area contributed by atoms with Gasteiger partial charge in [0.15, 0.2) is 5.01 Å². The quantitative estimate of drug-likeness (QED) is 0.349. The lowest BCUT2D eigenvalue weighted by molar-refractivity contribution is -0.385. The smallest absolute Gasteiger partial charge is 0.276 e. The number of anilines is 1. The third kappa shape index (κ3) is 5.35. The van der Waals surface area contributed by atoms with Crippen LogP contribution in [0.3, 0.4) is 0 Å². The molecule has 8 nitrogen and oxygen atoms in total. The van der Waals surface area contributed by atoms with Crippen LogP contribution < -0.4 is 10.1 Å². The third-order valence-electron chi connectivity index (χ3n) is 3.42. The number of ether oxygens (including phenoxy) is 1. The summed E-state index contributed by atoms with van der Waals surface area (Å²) in [6.07, 6.45) is 2.58. The predicted octanol–water partition coefficient (Wildman–Crippen LogP) is 4.33. The van der Waals surface area contributed by atoms with Crippen LogP contribution in [-0.2, 0) is 11.4 Å². The fourth-order valence-electron chi connectivity index (χ4n) is 2.15. The summed E-state index contributed by atoms with van der Waals surface area (Å²) in [5, 5.41) is 22.9. The second-order valence-electron chi connectivity index (χ2n) is 5.38. The summed E-state index contributed by atoms with van der Waals surface area (Å²) in [7, 11) is 0. The molecule has 1 heterocycles. The Balaban J connectivity index is 1.56. The Morgan fingerprint density at radius 2 is 1.96 bits per heavy atom. The highest BCUT2D eigenvalue weighted by atomic mass is 35.5. The Kier molecular flexibility index (Phi) is 6.30. The first-order valence-electron chi connectivity index (χ1n) is 7.94. The molecule has 3 aromatic rings. The van der Waals surface area contributed by atoms with Crippen molar-refractivity contribution in [2.75, 3.05) is 5.32 Å². The van der Waals surface area contributed by atoms with E-state index in [0.29, 0.717) is 26.5 Å². The Morgan fingerprint density at radius 3 is 2.71 bits per heavy atom. The molecule has 142 valence electrons. The number of carbonyl (C=O) groups is 1. The molecule has 0 atom stereocenters. The molecular formula is C18H13ClN4O4S. The maximum Gasteiger partial charge on any atom is 0.276 e. The van der Waals surface area contributed by atoms with Crippen LogP contribution in [0.2, 0.25) is 5.02 Å². The SMILES string of the molecule is O=C(C=Cc1ccccc1[N+](=O)[O-])Nc1nnc(COc2ccc(Cl)cc2)s1. The van der Waals surface area contributed by atoms with Gasteiger partial charge in [-0.1, -0.05) is 35.1 Å². The van der Waals surface area contributed by atoms with Gasteiger partial charge in [-0.3, -0.25) is 20.2 Å². The number of nitrogens with zero attached hydrogens (tertiary/aromatic N) is 3. The monoisotopic (exact) mass is 416 g/mol. The average Bonchev–Trinajstić information content (AvgIpc) is 3.13. The van der Waals surface area contributed by atoms with E-state index in [1.54, 1.807) is 42.5 Å². The molecule has 0 spiro atoms. The zero-order chi connectivity index (χ0) is 19.9. The molecule has 3 rings (SSSR count). The molecular weight excluding hydrogens is 404 g/mol. The fraction of sp³-hybridized carbons (Fsp3) is 0.0556. The topological polar surface area (TPSA) is 107 Å². The molecule has 2 aromatic carbocycles. The van der Waals surface area contributed by atoms with Crippen LogP contribution >= 0.6 is 22.9 Å². The molecule has 0 unspecified atom stereocenters. The minimum atomic E-state index is -0.505. The van der Waals surface area contributed by atoms with Gasteiger partial charge < -0.3 is 4.74 Å². The fourth-order valence-corrected chi connectivity index (χ4v) is 2.93. The highest BCUT2D eigenvalue weighted by Gasteiger charge is 2.11. The van der Waals surface area contributed by atoms with Crippen LogP contribution in [0.25, 0.3) is 6.08 Å². The van der Waals surface area contributed by atoms with Crippen molar-refractivity contribution in [3.05, 3.63) is 80.3 Å². The van der Waals surface area contributed by atoms with Crippen molar-refractivity contribution >= 4 is 45.7 Å². The number of aromatic nitrogens is 2. The van der Waals surface area contributed by atoms with Gasteiger partial charge in [0.05, 0.1) is 10.5 Å². The van der Waals surface area contributed by atoms with Crippen molar-refractivity contribution in [1.82, 2.24) is 10.2 Å². The zero-order valence-corrected chi connectivity index (χ0v) is 15.8. The standard InChI is InChI=1S/C18H13ClN4O4S/c19-13-6-8-14(9-7-13)27-11-17-21-22-18(28-17)20-16(24)10-5-12-3-1-2-4-15(12)23(25)26/h1-10H,11H2,(H,20,22,24). The normalized spacial score (nSPS) is 10.8. The summed E-state index contributed by atoms with van der Waals surface area (Å²) in [4.78, 5) is 22.5. The van der Waals surface area contributed by atoms with Gasteiger partial charge in [-0.2, -0.15) is 0 Å². The van der Waals surface area contributed by atoms with E-state index in [9.17, 15) is 14.9 Å². The second-order valence-corrected chi connectivity index (χ2v) is 6.88. The number of nitro groups is 1. The molecule has 0 saturated carbocycles. The number of hydrogen-bond acceptors (Lipinski definition) is 7. The minimum Gasteiger partial charge on any atom is -0.486 e. The van der Waals surface area contributed by atoms with Gasteiger partial charge in [-0.25, -0.2) is 0 Å². The van der Waals surface area contributed by atoms with Crippen molar-refractivity contribution in [2.24, 2.45) is 0 Å². The molecule has 0 saturated heterocycles. The number of benzene rings is 2. The van der Waals surface area contributed by atoms with E-state index in [4.69, 9.17) is 16.3 Å². The molecule has 1 aromatic heterocycles. The summed E-state index contributed by atoms with van der Waals surface area (Å²) in [6, 6.07) is 13.0. The van der Waals surface area contributed by atoms with Gasteiger partial charge in [-0.05, 0) is 36.4 Å². The Bertz CT molecular complexity index is 1020. The van der Waals surface area contributed by atoms with E-state index >= 15 is 0 Å². The number of nitrogens with one attached hydrogen (secondary N) is 1. The maximum absolute atomic E-state index is 12.0. The lowest BCUT2D eigenvalue weighted by atomic mass is 10.1. The second kappa shape index (κ2) is 9.07. The average molecular weight is 417 g/mol. The molecule has 1 N–H and O–H groups in total. The zero-order valence-electron chi connectivity index (χ0n) is 14.2. The molecule has 0 bridgehead atoms. The van der Waals surface area contributed by atoms with E-state index in [0.717, 1.165) is 0 Å². The summed E-state index contributed by atoms with van der Waals surface area (Å²) < 4.78 is 5.57. The third-order valence-corrected chi connectivity index (χ3v) is 4.48. The van der Waals surface area contributed by atoms with Crippen LogP contribution in [0.5, 0.6) is 5.75 Å². The lowest BCUT2D eigenvalue weighted by Gasteiger charge is -2.02. The van der Waals surface area contributed by atoms with Crippen LogP contribution in [-0.4, -0.2) is 21.0 Å². The summed E-state index contributed by atoms with van der Waals surface area (Å²) in [5.74, 6) is 0.164. The molecule has 10 heteroatoms. The lowest BCUT2D eigenvalue weighted by Crippen LogP contribution is -2.07. The molecule has 1 amide bonds. The van der Waals surface area contributed by atoms with Crippen LogP contribution in [0.4, 0.5) is 10.8 Å². The first kappa shape index (κ1) is 19.5. The van der Waals surface area contributed by atoms with Gasteiger partial charge in [0.2, 0.25) is 11.0 Å². The van der Waals surface area contributed by atoms with E-state index in [1.165, 1.54) is 29.6 Å². The molecule has 28 heavy (non-hydrogen) atoms. The number of halogens is 1. The van der Waals surface area contributed by atoms with E-state index in [1.807, 2.05) is 0 Å². The van der Waals surface area contributed by atoms with Gasteiger partial charge in [0, 0.05) is 17.2 Å². The van der Waals surface area contributed by atoms with Crippen molar-refractivity contribution in [1.29, 1.82) is 0 Å². The maximum atomic E-state index is 12.0. The molecule has 0 aliphatic heterocycles. The predicted molar refractivity (Wildman–Crippen MR) is 106 cm³/mol. The van der Waals surface area contributed by atoms with Crippen molar-refractivity contribution in [3.8, 4) is 5.75 Å². The number of rotatable bonds is 7. The van der Waals surface area contributed by atoms with Crippen LogP contribution in [0.15, 0.2) is 54.6 Å². The molecule has 0 aliphatic carbocycles. The van der Waals surface area contributed by atoms with Crippen LogP contribution in [0.1, 0.15) is 10.6 Å². The summed E-state index contributed by atoms with van der Waals surface area (Å²) in [6.45, 7) is 0.196. The number of amides is 1. The Hall–Kier alpha value is -3.30. The van der Waals surface area contributed by atoms with E-state index in [-0.39, 0.29) is 12.3 Å². The minimum absolute atomic E-state index is 0.0795. The molecule has 0 fully saturated rings. The number of hydrogen-bond donors (Lipinski definition) is 1. The van der Waals surface area contributed by atoms with Crippen molar-refractivity contribution in [3.63, 3.8) is 0 Å². The first-order valence-corrected chi connectivity index (χ1v) is 9.14. The molecule has 0 aliphatic rings. The van der Waals surface area contributed by atoms with Gasteiger partial charge in [0.25, 0.3) is 5.69 Å². The van der Waals surface area contributed by atoms with Gasteiger partial charge in [-0.15, -0.1) is 10.2 Å². The first-order chi connectivity index (χ1) is 13.5. The molecule has 0 radical (unpaired) electrons. The van der Waals surface area contributed by atoms with E-state index < -0.39 is 10.8 Å². The van der Waals surface area contributed by atoms with Crippen molar-refractivity contribution in [2.45, 2.75) is 6.61 Å². The highest BCUT2D eigenvalue weighted by molar-refractivity contribution is 7.15. The van der Waals surface area contributed by atoms with Gasteiger partial charge >= 0.3 is 0 Å². The number of carbonyl (C=O) groups excluding carboxylic acids is 1. The largest absolute Gasteiger partial charge is 0.486 e. The Morgan fingerprint density at radius 1 is 1.21 bits per heavy atom. The number of para-hydroxylation sites is 1.